The van der Waals surface area contributed by atoms with Gasteiger partial charge in [0, 0.05) is 0 Å². The largest absolute Gasteiger partial charge is 0.504 e. The van der Waals surface area contributed by atoms with E-state index in [-0.39, 0.29) is 20.7 Å². The summed E-state index contributed by atoms with van der Waals surface area (Å²) in [5, 5.41) is 28.2. The van der Waals surface area contributed by atoms with Gasteiger partial charge in [0.1, 0.15) is 10.4 Å². The summed E-state index contributed by atoms with van der Waals surface area (Å²) >= 11 is 7.69. The van der Waals surface area contributed by atoms with Gasteiger partial charge in [-0.05, 0) is 42.2 Å². The van der Waals surface area contributed by atoms with Gasteiger partial charge in [0.15, 0.2) is 11.5 Å². The van der Waals surface area contributed by atoms with E-state index in [1.54, 1.807) is 0 Å². The van der Waals surface area contributed by atoms with E-state index in [0.717, 1.165) is 16.7 Å². The van der Waals surface area contributed by atoms with Crippen LogP contribution in [0, 0.1) is 0 Å². The molecule has 1 aromatic rings. The SMILES string of the molecule is CSCC[C@H](C(=O)O)N1C(=O)/C(=C\c2ccc(O)c(O)c2)SC1=S. The Kier molecular flexibility index (Phi) is 6.14. The molecule has 0 bridgehead atoms. The van der Waals surface area contributed by atoms with Crippen molar-refractivity contribution in [2.24, 2.45) is 0 Å². The van der Waals surface area contributed by atoms with E-state index in [0.29, 0.717) is 17.7 Å². The van der Waals surface area contributed by atoms with E-state index >= 15 is 0 Å². The number of aromatic hydroxyl groups is 2. The van der Waals surface area contributed by atoms with Gasteiger partial charge >= 0.3 is 5.97 Å². The van der Waals surface area contributed by atoms with E-state index in [9.17, 15) is 24.9 Å². The number of carboxylic acid groups (broad SMARTS) is 1. The Morgan fingerprint density at radius 3 is 2.71 bits per heavy atom. The van der Waals surface area contributed by atoms with Crippen LogP contribution in [0.25, 0.3) is 6.08 Å². The van der Waals surface area contributed by atoms with Crippen LogP contribution in [0.3, 0.4) is 0 Å². The molecular weight excluding hydrogens is 370 g/mol. The van der Waals surface area contributed by atoms with Crippen molar-refractivity contribution >= 4 is 58.0 Å². The highest BCUT2D eigenvalue weighted by Crippen LogP contribution is 2.36. The number of rotatable bonds is 6. The van der Waals surface area contributed by atoms with Gasteiger partial charge < -0.3 is 15.3 Å². The van der Waals surface area contributed by atoms with Crippen molar-refractivity contribution in [3.05, 3.63) is 28.7 Å². The minimum Gasteiger partial charge on any atom is -0.504 e. The van der Waals surface area contributed by atoms with Crippen LogP contribution in [-0.2, 0) is 9.59 Å². The second-order valence-corrected chi connectivity index (χ2v) is 7.60. The van der Waals surface area contributed by atoms with Crippen molar-refractivity contribution in [1.29, 1.82) is 0 Å². The van der Waals surface area contributed by atoms with E-state index in [4.69, 9.17) is 12.2 Å². The molecular formula is C15H15NO5S3. The molecule has 1 amide bonds. The first kappa shape index (κ1) is 18.6. The standard InChI is InChI=1S/C15H15NO5S3/c1-23-5-4-9(14(20)21)16-13(19)12(24-15(16)22)7-8-2-3-10(17)11(18)6-8/h2-3,6-7,9,17-18H,4-5H2,1H3,(H,20,21)/b12-7+/t9-/m1/s1. The lowest BCUT2D eigenvalue weighted by Crippen LogP contribution is -2.44. The molecule has 1 aliphatic heterocycles. The second kappa shape index (κ2) is 7.91. The van der Waals surface area contributed by atoms with Crippen LogP contribution in [-0.4, -0.2) is 54.5 Å². The van der Waals surface area contributed by atoms with Gasteiger partial charge in [0.05, 0.1) is 4.91 Å². The fourth-order valence-corrected chi connectivity index (χ4v) is 3.94. The molecule has 1 fully saturated rings. The zero-order chi connectivity index (χ0) is 17.9. The third-order valence-corrected chi connectivity index (χ3v) is 5.29. The lowest BCUT2D eigenvalue weighted by molar-refractivity contribution is -0.145. The summed E-state index contributed by atoms with van der Waals surface area (Å²) in [6, 6.07) is 3.15. The molecule has 1 heterocycles. The Balaban J connectivity index is 2.28. The molecule has 128 valence electrons. The maximum Gasteiger partial charge on any atom is 0.326 e. The predicted octanol–water partition coefficient (Wildman–Crippen LogP) is 2.51. The maximum absolute atomic E-state index is 12.5. The number of amides is 1. The maximum atomic E-state index is 12.5. The number of aliphatic carboxylic acids is 1. The first-order valence-corrected chi connectivity index (χ1v) is 9.47. The molecule has 24 heavy (non-hydrogen) atoms. The van der Waals surface area contributed by atoms with E-state index in [2.05, 4.69) is 0 Å². The zero-order valence-electron chi connectivity index (χ0n) is 12.6. The minimum absolute atomic E-state index is 0.197. The number of carbonyl (C=O) groups excluding carboxylic acids is 1. The summed E-state index contributed by atoms with van der Waals surface area (Å²) in [6.07, 6.45) is 3.67. The molecule has 0 unspecified atom stereocenters. The molecule has 9 heteroatoms. The minimum atomic E-state index is -1.09. The molecule has 0 aliphatic carbocycles. The number of hydrogen-bond donors (Lipinski definition) is 3. The van der Waals surface area contributed by atoms with Crippen molar-refractivity contribution < 1.29 is 24.9 Å². The zero-order valence-corrected chi connectivity index (χ0v) is 15.1. The highest BCUT2D eigenvalue weighted by Gasteiger charge is 2.40. The number of phenols is 2. The highest BCUT2D eigenvalue weighted by atomic mass is 32.2. The van der Waals surface area contributed by atoms with Crippen LogP contribution >= 0.6 is 35.7 Å². The first-order valence-electron chi connectivity index (χ1n) is 6.86. The first-order chi connectivity index (χ1) is 11.3. The smallest absolute Gasteiger partial charge is 0.326 e. The molecule has 0 saturated carbocycles. The number of carbonyl (C=O) groups is 2. The molecule has 3 N–H and O–H groups in total. The number of nitrogens with zero attached hydrogens (tertiary/aromatic N) is 1. The summed E-state index contributed by atoms with van der Waals surface area (Å²) in [5.41, 5.74) is 0.502. The van der Waals surface area contributed by atoms with E-state index in [1.165, 1.54) is 36.0 Å². The Labute approximate surface area is 152 Å². The number of thiocarbonyl (C=S) groups is 1. The molecule has 1 aliphatic rings. The Morgan fingerprint density at radius 2 is 2.12 bits per heavy atom. The molecule has 0 aromatic heterocycles. The van der Waals surface area contributed by atoms with Crippen LogP contribution in [0.4, 0.5) is 0 Å². The lowest BCUT2D eigenvalue weighted by Gasteiger charge is -2.22. The van der Waals surface area contributed by atoms with Crippen molar-refractivity contribution in [1.82, 2.24) is 4.90 Å². The van der Waals surface area contributed by atoms with E-state index in [1.807, 2.05) is 6.26 Å². The van der Waals surface area contributed by atoms with Gasteiger partial charge in [-0.3, -0.25) is 9.69 Å². The predicted molar refractivity (Wildman–Crippen MR) is 99.2 cm³/mol. The molecule has 1 saturated heterocycles. The quantitative estimate of drug-likeness (QED) is 0.390. The summed E-state index contributed by atoms with van der Waals surface area (Å²) in [7, 11) is 0. The van der Waals surface area contributed by atoms with Gasteiger partial charge in [0.25, 0.3) is 5.91 Å². The summed E-state index contributed by atoms with van der Waals surface area (Å²) in [5.74, 6) is -1.53. The monoisotopic (exact) mass is 385 g/mol. The Bertz CT molecular complexity index is 719. The van der Waals surface area contributed by atoms with Gasteiger partial charge in [-0.25, -0.2) is 4.79 Å². The fourth-order valence-electron chi connectivity index (χ4n) is 2.12. The van der Waals surface area contributed by atoms with Gasteiger partial charge in [0.2, 0.25) is 0 Å². The molecule has 1 atom stereocenters. The number of carboxylic acids is 1. The lowest BCUT2D eigenvalue weighted by atomic mass is 10.1. The van der Waals surface area contributed by atoms with Crippen molar-refractivity contribution in [2.45, 2.75) is 12.5 Å². The van der Waals surface area contributed by atoms with Crippen LogP contribution in [0.5, 0.6) is 11.5 Å². The average molecular weight is 385 g/mol. The molecule has 2 rings (SSSR count). The number of benzene rings is 1. The molecule has 0 spiro atoms. The van der Waals surface area contributed by atoms with Gasteiger partial charge in [-0.1, -0.05) is 30.0 Å². The van der Waals surface area contributed by atoms with Crippen molar-refractivity contribution in [3.63, 3.8) is 0 Å². The summed E-state index contributed by atoms with van der Waals surface area (Å²) in [4.78, 5) is 25.4. The Hall–Kier alpha value is -1.71. The Morgan fingerprint density at radius 1 is 1.42 bits per heavy atom. The van der Waals surface area contributed by atoms with Crippen molar-refractivity contribution in [2.75, 3.05) is 12.0 Å². The normalized spacial score (nSPS) is 17.5. The van der Waals surface area contributed by atoms with Crippen molar-refractivity contribution in [3.8, 4) is 11.5 Å². The number of hydrogen-bond acceptors (Lipinski definition) is 7. The van der Waals surface area contributed by atoms with Crippen LogP contribution in [0.2, 0.25) is 0 Å². The number of phenolic OH excluding ortho intramolecular Hbond substituents is 2. The third-order valence-electron chi connectivity index (χ3n) is 3.31. The fraction of sp³-hybridized carbons (Fsp3) is 0.267. The highest BCUT2D eigenvalue weighted by molar-refractivity contribution is 8.26. The van der Waals surface area contributed by atoms with E-state index < -0.39 is 17.9 Å². The summed E-state index contributed by atoms with van der Waals surface area (Å²) in [6.45, 7) is 0. The molecule has 6 nitrogen and oxygen atoms in total. The molecule has 0 radical (unpaired) electrons. The molecule has 1 aromatic carbocycles. The van der Waals surface area contributed by atoms with Crippen LogP contribution in [0.1, 0.15) is 12.0 Å². The third kappa shape index (κ3) is 4.03. The van der Waals surface area contributed by atoms with Crippen LogP contribution < -0.4 is 0 Å². The summed E-state index contributed by atoms with van der Waals surface area (Å²) < 4.78 is 0.197. The average Bonchev–Trinajstić information content (AvgIpc) is 2.78. The number of thioether (sulfide) groups is 2. The van der Waals surface area contributed by atoms with Crippen LogP contribution in [0.15, 0.2) is 23.1 Å². The second-order valence-electron chi connectivity index (χ2n) is 4.94. The van der Waals surface area contributed by atoms with Gasteiger partial charge in [-0.15, -0.1) is 0 Å². The topological polar surface area (TPSA) is 98.1 Å². The van der Waals surface area contributed by atoms with Gasteiger partial charge in [-0.2, -0.15) is 11.8 Å².